The van der Waals surface area contributed by atoms with E-state index in [0.29, 0.717) is 11.2 Å². The highest BCUT2D eigenvalue weighted by Gasteiger charge is 2.19. The van der Waals surface area contributed by atoms with E-state index < -0.39 is 0 Å². The van der Waals surface area contributed by atoms with Crippen molar-refractivity contribution in [3.8, 4) is 10.6 Å². The number of ether oxygens (including phenoxy) is 1. The molecule has 0 aliphatic carbocycles. The van der Waals surface area contributed by atoms with Gasteiger partial charge in [0.1, 0.15) is 5.01 Å². The highest BCUT2D eigenvalue weighted by molar-refractivity contribution is 7.18. The van der Waals surface area contributed by atoms with Gasteiger partial charge in [0.15, 0.2) is 0 Å². The fourth-order valence-corrected chi connectivity index (χ4v) is 3.46. The SMILES string of the molecule is CCCCOC1CCN(c2ccc(-c3nnc(N)s3)cc2)CC1. The third-order valence-electron chi connectivity index (χ3n) is 4.21. The van der Waals surface area contributed by atoms with E-state index in [0.717, 1.165) is 49.5 Å². The van der Waals surface area contributed by atoms with Gasteiger partial charge in [0, 0.05) is 30.9 Å². The standard InChI is InChI=1S/C17H24N4OS/c1-2-3-12-22-15-8-10-21(11-9-15)14-6-4-13(5-7-14)16-19-20-17(18)23-16/h4-7,15H,2-3,8-12H2,1H3,(H2,18,20). The number of aromatic nitrogens is 2. The molecule has 1 aromatic heterocycles. The number of unbranched alkanes of at least 4 members (excludes halogenated alkanes) is 1. The van der Waals surface area contributed by atoms with Crippen molar-refractivity contribution in [3.63, 3.8) is 0 Å². The van der Waals surface area contributed by atoms with Gasteiger partial charge in [-0.3, -0.25) is 0 Å². The summed E-state index contributed by atoms with van der Waals surface area (Å²) in [6.45, 7) is 5.22. The van der Waals surface area contributed by atoms with Gasteiger partial charge in [0.05, 0.1) is 6.10 Å². The van der Waals surface area contributed by atoms with Crippen molar-refractivity contribution in [2.45, 2.75) is 38.7 Å². The first-order chi connectivity index (χ1) is 11.3. The average Bonchev–Trinajstić information content (AvgIpc) is 3.02. The van der Waals surface area contributed by atoms with Crippen molar-refractivity contribution < 1.29 is 4.74 Å². The molecule has 0 spiro atoms. The van der Waals surface area contributed by atoms with Gasteiger partial charge in [-0.05, 0) is 43.5 Å². The maximum Gasteiger partial charge on any atom is 0.203 e. The predicted octanol–water partition coefficient (Wildman–Crippen LogP) is 3.57. The van der Waals surface area contributed by atoms with Gasteiger partial charge < -0.3 is 15.4 Å². The second-order valence-electron chi connectivity index (χ2n) is 5.90. The van der Waals surface area contributed by atoms with Crippen LogP contribution < -0.4 is 10.6 Å². The summed E-state index contributed by atoms with van der Waals surface area (Å²) in [4.78, 5) is 2.43. The summed E-state index contributed by atoms with van der Waals surface area (Å²) >= 11 is 1.42. The molecule has 3 rings (SSSR count). The molecule has 0 bridgehead atoms. The van der Waals surface area contributed by atoms with E-state index in [4.69, 9.17) is 10.5 Å². The van der Waals surface area contributed by atoms with Crippen molar-refractivity contribution in [1.82, 2.24) is 10.2 Å². The fraction of sp³-hybridized carbons (Fsp3) is 0.529. The quantitative estimate of drug-likeness (QED) is 0.819. The van der Waals surface area contributed by atoms with Crippen molar-refractivity contribution in [2.75, 3.05) is 30.3 Å². The molecule has 5 nitrogen and oxygen atoms in total. The Kier molecular flexibility index (Phi) is 5.46. The number of anilines is 2. The Labute approximate surface area is 141 Å². The van der Waals surface area contributed by atoms with Crippen molar-refractivity contribution >= 4 is 22.2 Å². The second-order valence-corrected chi connectivity index (χ2v) is 6.91. The molecule has 2 heterocycles. The van der Waals surface area contributed by atoms with Gasteiger partial charge >= 0.3 is 0 Å². The molecule has 0 amide bonds. The Balaban J connectivity index is 1.54. The molecule has 0 radical (unpaired) electrons. The maximum absolute atomic E-state index is 5.93. The number of nitrogens with two attached hydrogens (primary N) is 1. The van der Waals surface area contributed by atoms with Crippen LogP contribution in [0.2, 0.25) is 0 Å². The van der Waals surface area contributed by atoms with Gasteiger partial charge in [0.25, 0.3) is 0 Å². The smallest absolute Gasteiger partial charge is 0.203 e. The zero-order valence-corrected chi connectivity index (χ0v) is 14.4. The summed E-state index contributed by atoms with van der Waals surface area (Å²) in [6, 6.07) is 8.51. The molecule has 0 unspecified atom stereocenters. The molecule has 2 aromatic rings. The van der Waals surface area contributed by atoms with Crippen LogP contribution in [0.5, 0.6) is 0 Å². The van der Waals surface area contributed by atoms with Crippen molar-refractivity contribution in [1.29, 1.82) is 0 Å². The maximum atomic E-state index is 5.93. The lowest BCUT2D eigenvalue weighted by Gasteiger charge is -2.33. The van der Waals surface area contributed by atoms with Crippen molar-refractivity contribution in [2.24, 2.45) is 0 Å². The molecule has 0 saturated carbocycles. The molecule has 1 saturated heterocycles. The monoisotopic (exact) mass is 332 g/mol. The summed E-state index contributed by atoms with van der Waals surface area (Å²) < 4.78 is 5.93. The first kappa shape index (κ1) is 16.2. The third kappa shape index (κ3) is 4.20. The zero-order valence-electron chi connectivity index (χ0n) is 13.6. The van der Waals surface area contributed by atoms with Crippen LogP contribution in [0.3, 0.4) is 0 Å². The third-order valence-corrected chi connectivity index (χ3v) is 5.01. The molecular weight excluding hydrogens is 308 g/mol. The second kappa shape index (κ2) is 7.75. The van der Waals surface area contributed by atoms with Crippen LogP contribution in [0.15, 0.2) is 24.3 Å². The Morgan fingerprint density at radius 2 is 1.96 bits per heavy atom. The van der Waals surface area contributed by atoms with Crippen LogP contribution in [0.1, 0.15) is 32.6 Å². The van der Waals surface area contributed by atoms with Crippen LogP contribution in [-0.4, -0.2) is 36.0 Å². The van der Waals surface area contributed by atoms with Crippen LogP contribution in [0.25, 0.3) is 10.6 Å². The summed E-state index contributed by atoms with van der Waals surface area (Å²) in [5.74, 6) is 0. The molecular formula is C17H24N4OS. The Bertz CT molecular complexity index is 605. The van der Waals surface area contributed by atoms with Gasteiger partial charge in [-0.25, -0.2) is 0 Å². The van der Waals surface area contributed by atoms with E-state index in [1.54, 1.807) is 0 Å². The summed E-state index contributed by atoms with van der Waals surface area (Å²) in [5, 5.41) is 9.33. The molecule has 6 heteroatoms. The van der Waals surface area contributed by atoms with Gasteiger partial charge in [-0.1, -0.05) is 24.7 Å². The molecule has 1 fully saturated rings. The van der Waals surface area contributed by atoms with Gasteiger partial charge in [-0.15, -0.1) is 10.2 Å². The number of hydrogen-bond donors (Lipinski definition) is 1. The number of nitrogens with zero attached hydrogens (tertiary/aromatic N) is 3. The van der Waals surface area contributed by atoms with E-state index in [1.165, 1.54) is 23.4 Å². The van der Waals surface area contributed by atoms with Gasteiger partial charge in [0.2, 0.25) is 5.13 Å². The predicted molar refractivity (Wildman–Crippen MR) is 95.9 cm³/mol. The number of rotatable bonds is 6. The first-order valence-electron chi connectivity index (χ1n) is 8.32. The van der Waals surface area contributed by atoms with Crippen LogP contribution in [-0.2, 0) is 4.74 Å². The van der Waals surface area contributed by atoms with E-state index in [-0.39, 0.29) is 0 Å². The molecule has 0 atom stereocenters. The number of nitrogen functional groups attached to an aromatic ring is 1. The minimum Gasteiger partial charge on any atom is -0.378 e. The van der Waals surface area contributed by atoms with Gasteiger partial charge in [-0.2, -0.15) is 0 Å². The minimum absolute atomic E-state index is 0.432. The molecule has 1 aromatic carbocycles. The van der Waals surface area contributed by atoms with E-state index in [9.17, 15) is 0 Å². The average molecular weight is 332 g/mol. The molecule has 1 aliphatic heterocycles. The molecule has 1 aliphatic rings. The fourth-order valence-electron chi connectivity index (χ4n) is 2.84. The number of hydrogen-bond acceptors (Lipinski definition) is 6. The largest absolute Gasteiger partial charge is 0.378 e. The Hall–Kier alpha value is -1.66. The Morgan fingerprint density at radius 1 is 1.22 bits per heavy atom. The minimum atomic E-state index is 0.432. The van der Waals surface area contributed by atoms with E-state index >= 15 is 0 Å². The lowest BCUT2D eigenvalue weighted by atomic mass is 10.1. The number of piperidine rings is 1. The van der Waals surface area contributed by atoms with Crippen LogP contribution >= 0.6 is 11.3 Å². The summed E-state index contributed by atoms with van der Waals surface area (Å²) in [5.41, 5.74) is 7.98. The topological polar surface area (TPSA) is 64.3 Å². The number of benzene rings is 1. The van der Waals surface area contributed by atoms with Crippen LogP contribution in [0, 0.1) is 0 Å². The highest BCUT2D eigenvalue weighted by Crippen LogP contribution is 2.28. The lowest BCUT2D eigenvalue weighted by molar-refractivity contribution is 0.0354. The highest BCUT2D eigenvalue weighted by atomic mass is 32.1. The Morgan fingerprint density at radius 3 is 2.57 bits per heavy atom. The van der Waals surface area contributed by atoms with E-state index in [1.807, 2.05) is 0 Å². The lowest BCUT2D eigenvalue weighted by Crippen LogP contribution is -2.37. The first-order valence-corrected chi connectivity index (χ1v) is 9.14. The summed E-state index contributed by atoms with van der Waals surface area (Å²) in [7, 11) is 0. The zero-order chi connectivity index (χ0) is 16.1. The summed E-state index contributed by atoms with van der Waals surface area (Å²) in [6.07, 6.45) is 5.02. The molecule has 124 valence electrons. The normalized spacial score (nSPS) is 16.0. The van der Waals surface area contributed by atoms with Crippen molar-refractivity contribution in [3.05, 3.63) is 24.3 Å². The molecule has 23 heavy (non-hydrogen) atoms. The molecule has 2 N–H and O–H groups in total. The van der Waals surface area contributed by atoms with E-state index in [2.05, 4.69) is 46.3 Å². The van der Waals surface area contributed by atoms with Crippen LogP contribution in [0.4, 0.5) is 10.8 Å².